The Morgan fingerprint density at radius 2 is 2.22 bits per heavy atom. The monoisotopic (exact) mass is 360 g/mol. The van der Waals surface area contributed by atoms with Gasteiger partial charge in [-0.15, -0.1) is 23.7 Å². The van der Waals surface area contributed by atoms with Crippen molar-refractivity contribution in [2.45, 2.75) is 25.7 Å². The van der Waals surface area contributed by atoms with Gasteiger partial charge in [0.05, 0.1) is 5.39 Å². The molecule has 4 heterocycles. The summed E-state index contributed by atoms with van der Waals surface area (Å²) in [5.74, 6) is 0.908. The fourth-order valence-electron chi connectivity index (χ4n) is 3.66. The van der Waals surface area contributed by atoms with Crippen molar-refractivity contribution in [1.29, 1.82) is 0 Å². The van der Waals surface area contributed by atoms with Gasteiger partial charge in [0, 0.05) is 36.3 Å². The number of anilines is 1. The molecule has 1 N–H and O–H groups in total. The van der Waals surface area contributed by atoms with E-state index < -0.39 is 6.43 Å². The number of hydrogen-bond acceptors (Lipinski definition) is 5. The van der Waals surface area contributed by atoms with E-state index in [1.807, 2.05) is 6.07 Å². The molecule has 1 atom stereocenters. The number of halogens is 3. The molecular formula is C15H19ClF2N4S. The van der Waals surface area contributed by atoms with E-state index in [4.69, 9.17) is 0 Å². The highest BCUT2D eigenvalue weighted by Gasteiger charge is 2.41. The van der Waals surface area contributed by atoms with Crippen molar-refractivity contribution in [2.75, 3.05) is 31.1 Å². The second-order valence-electron chi connectivity index (χ2n) is 6.32. The second-order valence-corrected chi connectivity index (χ2v) is 7.44. The largest absolute Gasteiger partial charge is 0.355 e. The van der Waals surface area contributed by atoms with Crippen LogP contribution in [0, 0.1) is 5.41 Å². The zero-order valence-corrected chi connectivity index (χ0v) is 14.2. The van der Waals surface area contributed by atoms with Crippen molar-refractivity contribution >= 4 is 39.8 Å². The van der Waals surface area contributed by atoms with Gasteiger partial charge in [-0.05, 0) is 25.5 Å². The van der Waals surface area contributed by atoms with Gasteiger partial charge in [-0.1, -0.05) is 0 Å². The molecule has 2 fully saturated rings. The Labute approximate surface area is 143 Å². The van der Waals surface area contributed by atoms with Crippen molar-refractivity contribution in [3.8, 4) is 0 Å². The van der Waals surface area contributed by atoms with Gasteiger partial charge in [0.15, 0.2) is 0 Å². The van der Waals surface area contributed by atoms with Crippen molar-refractivity contribution in [2.24, 2.45) is 5.41 Å². The van der Waals surface area contributed by atoms with E-state index in [-0.39, 0.29) is 18.8 Å². The SMILES string of the molecule is Cl.FC(F)Cc1cc2c(N3CCC4(CCNC4)C3)ncnc2s1. The fourth-order valence-corrected chi connectivity index (χ4v) is 4.65. The number of thiophene rings is 1. The fraction of sp³-hybridized carbons (Fsp3) is 0.600. The lowest BCUT2D eigenvalue weighted by Crippen LogP contribution is -2.29. The molecule has 4 nitrogen and oxygen atoms in total. The minimum absolute atomic E-state index is 0. The van der Waals surface area contributed by atoms with Crippen LogP contribution in [0.1, 0.15) is 17.7 Å². The van der Waals surface area contributed by atoms with Crippen molar-refractivity contribution in [3.05, 3.63) is 17.3 Å². The van der Waals surface area contributed by atoms with Crippen LogP contribution < -0.4 is 10.2 Å². The molecule has 1 unspecified atom stereocenters. The molecule has 2 aliphatic rings. The Bertz CT molecular complexity index is 687. The van der Waals surface area contributed by atoms with Crippen LogP contribution in [0.2, 0.25) is 0 Å². The normalized spacial score (nSPS) is 24.0. The first kappa shape index (κ1) is 16.8. The van der Waals surface area contributed by atoms with Crippen LogP contribution in [0.25, 0.3) is 10.2 Å². The number of fused-ring (bicyclic) bond motifs is 1. The number of nitrogens with one attached hydrogen (secondary N) is 1. The van der Waals surface area contributed by atoms with Crippen LogP contribution in [0.4, 0.5) is 14.6 Å². The van der Waals surface area contributed by atoms with E-state index in [1.54, 1.807) is 6.33 Å². The van der Waals surface area contributed by atoms with Gasteiger partial charge in [0.1, 0.15) is 17.0 Å². The summed E-state index contributed by atoms with van der Waals surface area (Å²) in [6, 6.07) is 1.85. The summed E-state index contributed by atoms with van der Waals surface area (Å²) in [5, 5.41) is 4.37. The molecule has 2 aromatic rings. The summed E-state index contributed by atoms with van der Waals surface area (Å²) >= 11 is 1.35. The number of hydrogen-bond donors (Lipinski definition) is 1. The summed E-state index contributed by atoms with van der Waals surface area (Å²) in [6.07, 6.45) is 1.41. The molecule has 0 bridgehead atoms. The standard InChI is InChI=1S/C15H18F2N4S.ClH/c16-12(17)6-10-5-11-13(19-9-20-14(11)22-10)21-4-2-15(8-21)1-3-18-7-15;/h5,9,12,18H,1-4,6-8H2;1H. The van der Waals surface area contributed by atoms with E-state index in [0.717, 1.165) is 42.2 Å². The maximum atomic E-state index is 12.6. The summed E-state index contributed by atoms with van der Waals surface area (Å²) in [4.78, 5) is 12.5. The number of nitrogens with zero attached hydrogens (tertiary/aromatic N) is 3. The van der Waals surface area contributed by atoms with Crippen LogP contribution in [0.15, 0.2) is 12.4 Å². The van der Waals surface area contributed by atoms with Crippen molar-refractivity contribution in [3.63, 3.8) is 0 Å². The maximum absolute atomic E-state index is 12.6. The Kier molecular flexibility index (Phi) is 4.71. The van der Waals surface area contributed by atoms with Crippen molar-refractivity contribution < 1.29 is 8.78 Å². The highest BCUT2D eigenvalue weighted by Crippen LogP contribution is 2.40. The zero-order valence-electron chi connectivity index (χ0n) is 12.6. The highest BCUT2D eigenvalue weighted by atomic mass is 35.5. The predicted octanol–water partition coefficient (Wildman–Crippen LogP) is 3.11. The van der Waals surface area contributed by atoms with Crippen LogP contribution >= 0.6 is 23.7 Å². The first-order valence-electron chi connectivity index (χ1n) is 7.62. The molecule has 0 amide bonds. The molecule has 2 aliphatic heterocycles. The Morgan fingerprint density at radius 1 is 1.35 bits per heavy atom. The molecular weight excluding hydrogens is 342 g/mol. The average molecular weight is 361 g/mol. The van der Waals surface area contributed by atoms with Gasteiger partial charge in [0.2, 0.25) is 6.43 Å². The Balaban J connectivity index is 0.00000156. The topological polar surface area (TPSA) is 41.0 Å². The molecule has 0 aromatic carbocycles. The molecule has 2 saturated heterocycles. The van der Waals surface area contributed by atoms with E-state index in [0.29, 0.717) is 10.3 Å². The lowest BCUT2D eigenvalue weighted by atomic mass is 9.87. The minimum Gasteiger partial charge on any atom is -0.355 e. The van der Waals surface area contributed by atoms with Crippen molar-refractivity contribution in [1.82, 2.24) is 15.3 Å². The Morgan fingerprint density at radius 3 is 2.96 bits per heavy atom. The zero-order chi connectivity index (χ0) is 15.2. The summed E-state index contributed by atoms with van der Waals surface area (Å²) < 4.78 is 25.2. The first-order valence-corrected chi connectivity index (χ1v) is 8.44. The number of aromatic nitrogens is 2. The molecule has 4 rings (SSSR count). The number of alkyl halides is 2. The second kappa shape index (κ2) is 6.45. The third-order valence-corrected chi connectivity index (χ3v) is 5.85. The van der Waals surface area contributed by atoms with Gasteiger partial charge >= 0.3 is 0 Å². The average Bonchev–Trinajstić information content (AvgIpc) is 3.19. The third-order valence-electron chi connectivity index (χ3n) is 4.78. The lowest BCUT2D eigenvalue weighted by Gasteiger charge is -2.23. The predicted molar refractivity (Wildman–Crippen MR) is 91.1 cm³/mol. The van der Waals surface area contributed by atoms with Crippen LogP contribution in [0.5, 0.6) is 0 Å². The minimum atomic E-state index is -2.32. The maximum Gasteiger partial charge on any atom is 0.243 e. The molecule has 0 saturated carbocycles. The first-order chi connectivity index (χ1) is 10.7. The number of rotatable bonds is 3. The van der Waals surface area contributed by atoms with E-state index in [1.165, 1.54) is 24.2 Å². The van der Waals surface area contributed by atoms with Gasteiger partial charge in [-0.3, -0.25) is 0 Å². The van der Waals surface area contributed by atoms with E-state index in [9.17, 15) is 8.78 Å². The third kappa shape index (κ3) is 3.14. The van der Waals surface area contributed by atoms with E-state index in [2.05, 4.69) is 20.2 Å². The quantitative estimate of drug-likeness (QED) is 0.913. The summed E-state index contributed by atoms with van der Waals surface area (Å²) in [7, 11) is 0. The van der Waals surface area contributed by atoms with Gasteiger partial charge < -0.3 is 10.2 Å². The van der Waals surface area contributed by atoms with Gasteiger partial charge in [-0.25, -0.2) is 18.7 Å². The van der Waals surface area contributed by atoms with Gasteiger partial charge in [-0.2, -0.15) is 0 Å². The highest BCUT2D eigenvalue weighted by molar-refractivity contribution is 7.18. The van der Waals surface area contributed by atoms with Crippen LogP contribution in [-0.4, -0.2) is 42.6 Å². The Hall–Kier alpha value is -1.05. The van der Waals surface area contributed by atoms with Crippen LogP contribution in [-0.2, 0) is 6.42 Å². The summed E-state index contributed by atoms with van der Waals surface area (Å²) in [5.41, 5.74) is 0.360. The molecule has 0 radical (unpaired) electrons. The molecule has 1 spiro atoms. The molecule has 0 aliphatic carbocycles. The summed E-state index contributed by atoms with van der Waals surface area (Å²) in [6.45, 7) is 4.13. The molecule has 8 heteroatoms. The molecule has 2 aromatic heterocycles. The molecule has 126 valence electrons. The van der Waals surface area contributed by atoms with E-state index >= 15 is 0 Å². The van der Waals surface area contributed by atoms with Gasteiger partial charge in [0.25, 0.3) is 0 Å². The molecule has 23 heavy (non-hydrogen) atoms. The van der Waals surface area contributed by atoms with Crippen LogP contribution in [0.3, 0.4) is 0 Å². The lowest BCUT2D eigenvalue weighted by molar-refractivity contribution is 0.150. The smallest absolute Gasteiger partial charge is 0.243 e.